The zero-order valence-electron chi connectivity index (χ0n) is 46.7. The fourth-order valence-electron chi connectivity index (χ4n) is 9.24. The molecule has 1 aliphatic heterocycles. The molecule has 1 saturated heterocycles. The van der Waals surface area contributed by atoms with Crippen LogP contribution in [0, 0.1) is 11.8 Å². The molecular formula is C55H103N3O15P2. The van der Waals surface area contributed by atoms with E-state index in [1.54, 1.807) is 0 Å². The first-order valence-electron chi connectivity index (χ1n) is 29.3. The third-order valence-electron chi connectivity index (χ3n) is 14.2. The SMILES string of the molecule is CCC(C)CCCCCCCCCCCCCCCCC(=O)O[C@H](COC(=O)CCCCCCCCCCCCCCCCCCC(C)C)COP(=O)(O)OP(=O)(O)OC[C@H]1O[C@@H](n2ccc(N)nc2=O)C(O)[C@H]1O. The van der Waals surface area contributed by atoms with Gasteiger partial charge in [-0.1, -0.05) is 227 Å². The molecule has 0 bridgehead atoms. The molecule has 8 atom stereocenters. The molecule has 0 radical (unpaired) electrons. The summed E-state index contributed by atoms with van der Waals surface area (Å²) in [6.45, 7) is 6.91. The summed E-state index contributed by atoms with van der Waals surface area (Å²) in [4.78, 5) is 62.2. The molecular weight excluding hydrogens is 1000 g/mol. The standard InChI is InChI=1S/C55H103N3O15P2/c1-5-46(4)37-33-29-25-21-17-13-10-11-15-19-23-27-31-35-39-51(60)71-47(42-68-50(59)38-34-30-26-22-18-14-9-7-6-8-12-16-20-24-28-32-36-45(2)3)43-69-74(64,65)73-75(66,67)70-44-48-52(61)53(62)54(72-48)58-41-40-49(56)57-55(58)63/h40-41,45-48,52-54,61-62H,5-39,42-44H2,1-4H3,(H,64,65)(H,66,67)(H2,56,57,63)/t46?,47-,48-,52+,53?,54-/m1/s1. The van der Waals surface area contributed by atoms with Gasteiger partial charge in [0, 0.05) is 19.0 Å². The Morgan fingerprint density at radius 1 is 0.640 bits per heavy atom. The summed E-state index contributed by atoms with van der Waals surface area (Å²) >= 11 is 0. The van der Waals surface area contributed by atoms with Gasteiger partial charge in [-0.05, 0) is 30.7 Å². The van der Waals surface area contributed by atoms with E-state index in [2.05, 4.69) is 37.0 Å². The van der Waals surface area contributed by atoms with E-state index in [0.717, 1.165) is 61.3 Å². The number of phosphoric acid groups is 2. The van der Waals surface area contributed by atoms with Crippen molar-refractivity contribution >= 4 is 33.4 Å². The molecule has 20 heteroatoms. The van der Waals surface area contributed by atoms with Crippen molar-refractivity contribution in [1.29, 1.82) is 0 Å². The molecule has 0 saturated carbocycles. The highest BCUT2D eigenvalue weighted by atomic mass is 31.3. The van der Waals surface area contributed by atoms with Crippen molar-refractivity contribution in [1.82, 2.24) is 9.55 Å². The van der Waals surface area contributed by atoms with Gasteiger partial charge in [-0.2, -0.15) is 9.29 Å². The topological polar surface area (TPSA) is 265 Å². The summed E-state index contributed by atoms with van der Waals surface area (Å²) < 4.78 is 57.1. The lowest BCUT2D eigenvalue weighted by atomic mass is 9.99. The maximum atomic E-state index is 12.9. The largest absolute Gasteiger partial charge is 0.481 e. The van der Waals surface area contributed by atoms with E-state index in [1.807, 2.05) is 0 Å². The molecule has 2 heterocycles. The molecule has 4 unspecified atom stereocenters. The number of aromatic nitrogens is 2. The van der Waals surface area contributed by atoms with Gasteiger partial charge >= 0.3 is 33.3 Å². The normalized spacial score (nSPS) is 19.2. The predicted molar refractivity (Wildman–Crippen MR) is 294 cm³/mol. The third kappa shape index (κ3) is 35.1. The molecule has 75 heavy (non-hydrogen) atoms. The van der Waals surface area contributed by atoms with Crippen LogP contribution in [-0.4, -0.2) is 85.7 Å². The Labute approximate surface area is 450 Å². The van der Waals surface area contributed by atoms with E-state index in [4.69, 9.17) is 29.0 Å². The molecule has 438 valence electrons. The minimum atomic E-state index is -5.42. The van der Waals surface area contributed by atoms with Crippen LogP contribution in [0.3, 0.4) is 0 Å². The maximum Gasteiger partial charge on any atom is 0.481 e. The monoisotopic (exact) mass is 1110 g/mol. The average Bonchev–Trinajstić information content (AvgIpc) is 3.64. The summed E-state index contributed by atoms with van der Waals surface area (Å²) in [5.41, 5.74) is 4.61. The number of rotatable bonds is 49. The number of carbonyl (C=O) groups excluding carboxylic acids is 2. The van der Waals surface area contributed by atoms with Gasteiger partial charge in [-0.25, -0.2) is 13.9 Å². The fourth-order valence-corrected chi connectivity index (χ4v) is 11.4. The van der Waals surface area contributed by atoms with Crippen molar-refractivity contribution < 1.29 is 66.3 Å². The number of nitrogens with two attached hydrogens (primary N) is 1. The number of esters is 2. The Bertz CT molecular complexity index is 1790. The first kappa shape index (κ1) is 68.9. The molecule has 18 nitrogen and oxygen atoms in total. The van der Waals surface area contributed by atoms with Crippen molar-refractivity contribution in [2.45, 2.75) is 283 Å². The van der Waals surface area contributed by atoms with E-state index in [9.17, 15) is 43.5 Å². The van der Waals surface area contributed by atoms with Gasteiger partial charge in [0.25, 0.3) is 0 Å². The highest BCUT2D eigenvalue weighted by molar-refractivity contribution is 7.61. The molecule has 1 aromatic heterocycles. The van der Waals surface area contributed by atoms with E-state index < -0.39 is 83.7 Å². The number of anilines is 1. The Kier molecular flexibility index (Phi) is 38.3. The smallest absolute Gasteiger partial charge is 0.462 e. The van der Waals surface area contributed by atoms with E-state index >= 15 is 0 Å². The highest BCUT2D eigenvalue weighted by Gasteiger charge is 2.46. The maximum absolute atomic E-state index is 12.9. The first-order chi connectivity index (χ1) is 35.9. The van der Waals surface area contributed by atoms with Crippen molar-refractivity contribution in [3.8, 4) is 0 Å². The van der Waals surface area contributed by atoms with Crippen LogP contribution in [-0.2, 0) is 46.3 Å². The van der Waals surface area contributed by atoms with Crippen molar-refractivity contribution in [3.63, 3.8) is 0 Å². The molecule has 2 rings (SSSR count). The Hall–Kier alpha value is -2.24. The fraction of sp³-hybridized carbons (Fsp3) is 0.891. The minimum absolute atomic E-state index is 0.0576. The lowest BCUT2D eigenvalue weighted by Crippen LogP contribution is -2.36. The van der Waals surface area contributed by atoms with Crippen molar-refractivity contribution in [2.75, 3.05) is 25.6 Å². The lowest BCUT2D eigenvalue weighted by molar-refractivity contribution is -0.161. The highest BCUT2D eigenvalue weighted by Crippen LogP contribution is 2.60. The van der Waals surface area contributed by atoms with Gasteiger partial charge < -0.3 is 39.9 Å². The lowest BCUT2D eigenvalue weighted by Gasteiger charge is -2.21. The van der Waals surface area contributed by atoms with Gasteiger partial charge in [-0.3, -0.25) is 23.2 Å². The Balaban J connectivity index is 1.74. The van der Waals surface area contributed by atoms with Crippen LogP contribution in [0.2, 0.25) is 0 Å². The van der Waals surface area contributed by atoms with E-state index in [-0.39, 0.29) is 18.7 Å². The van der Waals surface area contributed by atoms with Crippen LogP contribution in [0.4, 0.5) is 5.82 Å². The third-order valence-corrected chi connectivity index (χ3v) is 16.8. The van der Waals surface area contributed by atoms with Gasteiger partial charge in [-0.15, -0.1) is 0 Å². The van der Waals surface area contributed by atoms with Crippen molar-refractivity contribution in [3.05, 3.63) is 22.7 Å². The van der Waals surface area contributed by atoms with Gasteiger partial charge in [0.2, 0.25) is 0 Å². The number of unbranched alkanes of at least 4 members (excludes halogenated alkanes) is 28. The summed E-state index contributed by atoms with van der Waals surface area (Å²) in [6.07, 6.45) is 33.1. The quantitative estimate of drug-likeness (QED) is 0.0231. The zero-order valence-corrected chi connectivity index (χ0v) is 48.5. The number of carbonyl (C=O) groups is 2. The summed E-state index contributed by atoms with van der Waals surface area (Å²) in [6, 6.07) is 1.25. The summed E-state index contributed by atoms with van der Waals surface area (Å²) in [7, 11) is -10.8. The summed E-state index contributed by atoms with van der Waals surface area (Å²) in [5, 5.41) is 21.0. The van der Waals surface area contributed by atoms with Crippen LogP contribution < -0.4 is 11.4 Å². The number of nitrogens with zero attached hydrogens (tertiary/aromatic N) is 2. The van der Waals surface area contributed by atoms with Gasteiger partial charge in [0.05, 0.1) is 13.2 Å². The Morgan fingerprint density at radius 3 is 1.52 bits per heavy atom. The Morgan fingerprint density at radius 2 is 1.07 bits per heavy atom. The molecule has 0 aromatic carbocycles. The number of hydrogen-bond acceptors (Lipinski definition) is 15. The number of ether oxygens (including phenoxy) is 3. The van der Waals surface area contributed by atoms with Crippen LogP contribution in [0.1, 0.15) is 259 Å². The van der Waals surface area contributed by atoms with Crippen LogP contribution in [0.15, 0.2) is 17.1 Å². The predicted octanol–water partition coefficient (Wildman–Crippen LogP) is 13.1. The molecule has 1 fully saturated rings. The number of aliphatic hydroxyl groups excluding tert-OH is 2. The van der Waals surface area contributed by atoms with Gasteiger partial charge in [0.15, 0.2) is 12.3 Å². The van der Waals surface area contributed by atoms with E-state index in [0.29, 0.717) is 12.8 Å². The van der Waals surface area contributed by atoms with E-state index in [1.165, 1.54) is 166 Å². The van der Waals surface area contributed by atoms with Gasteiger partial charge in [0.1, 0.15) is 30.7 Å². The second-order valence-electron chi connectivity index (χ2n) is 21.6. The number of phosphoric ester groups is 2. The molecule has 0 aliphatic carbocycles. The number of nitrogen functional groups attached to an aromatic ring is 1. The second kappa shape index (κ2) is 41.8. The number of hydrogen-bond donors (Lipinski definition) is 5. The molecule has 0 spiro atoms. The molecule has 1 aromatic rings. The zero-order chi connectivity index (χ0) is 55.2. The van der Waals surface area contributed by atoms with Crippen LogP contribution in [0.5, 0.6) is 0 Å². The molecule has 0 amide bonds. The summed E-state index contributed by atoms with van der Waals surface area (Å²) in [5.74, 6) is 0.386. The second-order valence-corrected chi connectivity index (χ2v) is 24.6. The van der Waals surface area contributed by atoms with Crippen LogP contribution in [0.25, 0.3) is 0 Å². The van der Waals surface area contributed by atoms with Crippen LogP contribution >= 0.6 is 15.6 Å². The molecule has 1 aliphatic rings. The average molecular weight is 1110 g/mol. The number of aliphatic hydroxyl groups is 2. The molecule has 6 N–H and O–H groups in total. The minimum Gasteiger partial charge on any atom is -0.462 e. The van der Waals surface area contributed by atoms with Crippen molar-refractivity contribution in [2.24, 2.45) is 11.8 Å². The first-order valence-corrected chi connectivity index (χ1v) is 32.3.